The number of carbonyl (C=O) groups is 1. The van der Waals surface area contributed by atoms with E-state index in [1.807, 2.05) is 4.90 Å². The zero-order valence-electron chi connectivity index (χ0n) is 15.1. The van der Waals surface area contributed by atoms with Crippen LogP contribution in [-0.2, 0) is 6.42 Å². The molecule has 1 amide bonds. The molecule has 1 heterocycles. The summed E-state index contributed by atoms with van der Waals surface area (Å²) in [4.78, 5) is 15.0. The number of nitrogens with zero attached hydrogens (tertiary/aromatic N) is 1. The molecule has 2 aromatic rings. The van der Waals surface area contributed by atoms with Crippen LogP contribution in [-0.4, -0.2) is 35.1 Å². The van der Waals surface area contributed by atoms with E-state index in [0.717, 1.165) is 31.2 Å². The molecule has 2 aromatic carbocycles. The van der Waals surface area contributed by atoms with Gasteiger partial charge in [-0.1, -0.05) is 12.1 Å². The summed E-state index contributed by atoms with van der Waals surface area (Å²) in [5.74, 6) is 0.0377. The second kappa shape index (κ2) is 7.77. The SMILES string of the molecule is COc1cc(C(=O)N2[C@@H](CCc3ccc(F)cc3)CC[C@H]2C)ccc1O. The minimum Gasteiger partial charge on any atom is -0.504 e. The molecule has 0 bridgehead atoms. The number of ether oxygens (including phenoxy) is 1. The van der Waals surface area contributed by atoms with Crippen molar-refractivity contribution in [3.63, 3.8) is 0 Å². The van der Waals surface area contributed by atoms with E-state index in [9.17, 15) is 14.3 Å². The van der Waals surface area contributed by atoms with Crippen LogP contribution in [0.25, 0.3) is 0 Å². The molecule has 3 rings (SSSR count). The van der Waals surface area contributed by atoms with Gasteiger partial charge in [0.25, 0.3) is 5.91 Å². The highest BCUT2D eigenvalue weighted by Crippen LogP contribution is 2.32. The minimum atomic E-state index is -0.235. The number of halogens is 1. The molecule has 0 radical (unpaired) electrons. The molecule has 0 spiro atoms. The molecule has 0 saturated carbocycles. The lowest BCUT2D eigenvalue weighted by atomic mass is 10.0. The predicted octanol–water partition coefficient (Wildman–Crippen LogP) is 4.17. The predicted molar refractivity (Wildman–Crippen MR) is 98.0 cm³/mol. The van der Waals surface area contributed by atoms with Crippen molar-refractivity contribution >= 4 is 5.91 Å². The highest BCUT2D eigenvalue weighted by molar-refractivity contribution is 5.95. The first-order valence-corrected chi connectivity index (χ1v) is 8.93. The second-order valence-corrected chi connectivity index (χ2v) is 6.84. The molecule has 5 heteroatoms. The molecule has 1 N–H and O–H groups in total. The van der Waals surface area contributed by atoms with Gasteiger partial charge in [-0.05, 0) is 68.5 Å². The molecule has 2 atom stereocenters. The van der Waals surface area contributed by atoms with Gasteiger partial charge in [0.15, 0.2) is 11.5 Å². The molecule has 1 aliphatic heterocycles. The number of benzene rings is 2. The van der Waals surface area contributed by atoms with Crippen molar-refractivity contribution in [2.75, 3.05) is 7.11 Å². The van der Waals surface area contributed by atoms with Crippen LogP contribution >= 0.6 is 0 Å². The first kappa shape index (κ1) is 18.2. The number of hydrogen-bond donors (Lipinski definition) is 1. The van der Waals surface area contributed by atoms with Crippen molar-refractivity contribution in [2.24, 2.45) is 0 Å². The summed E-state index contributed by atoms with van der Waals surface area (Å²) >= 11 is 0. The Balaban J connectivity index is 1.73. The van der Waals surface area contributed by atoms with Crippen LogP contribution in [0.1, 0.15) is 42.1 Å². The van der Waals surface area contributed by atoms with Gasteiger partial charge in [0.05, 0.1) is 7.11 Å². The van der Waals surface area contributed by atoms with Crippen LogP contribution in [0.15, 0.2) is 42.5 Å². The largest absolute Gasteiger partial charge is 0.504 e. The van der Waals surface area contributed by atoms with E-state index in [0.29, 0.717) is 11.3 Å². The third-order valence-corrected chi connectivity index (χ3v) is 5.13. The maximum atomic E-state index is 13.0. The Morgan fingerprint density at radius 2 is 1.96 bits per heavy atom. The molecular weight excluding hydrogens is 333 g/mol. The lowest BCUT2D eigenvalue weighted by Gasteiger charge is -2.29. The molecule has 1 fully saturated rings. The molecule has 0 aliphatic carbocycles. The van der Waals surface area contributed by atoms with Crippen molar-refractivity contribution in [1.29, 1.82) is 0 Å². The standard InChI is InChI=1S/C21H24FNO3/c1-14-3-10-18(11-6-15-4-8-17(22)9-5-15)23(14)21(25)16-7-12-19(24)20(13-16)26-2/h4-5,7-9,12-14,18,24H,3,6,10-11H2,1-2H3/t14-,18-/m1/s1. The highest BCUT2D eigenvalue weighted by atomic mass is 19.1. The third kappa shape index (κ3) is 3.82. The first-order chi connectivity index (χ1) is 12.5. The lowest BCUT2D eigenvalue weighted by molar-refractivity contribution is 0.0672. The van der Waals surface area contributed by atoms with Gasteiger partial charge in [-0.25, -0.2) is 4.39 Å². The molecule has 26 heavy (non-hydrogen) atoms. The fourth-order valence-corrected chi connectivity index (χ4v) is 3.67. The van der Waals surface area contributed by atoms with Crippen LogP contribution in [0.5, 0.6) is 11.5 Å². The molecular formula is C21H24FNO3. The second-order valence-electron chi connectivity index (χ2n) is 6.84. The number of rotatable bonds is 5. The molecule has 4 nitrogen and oxygen atoms in total. The maximum absolute atomic E-state index is 13.0. The van der Waals surface area contributed by atoms with Crippen LogP contribution in [0, 0.1) is 5.82 Å². The van der Waals surface area contributed by atoms with Crippen molar-refractivity contribution in [1.82, 2.24) is 4.90 Å². The quantitative estimate of drug-likeness (QED) is 0.874. The van der Waals surface area contributed by atoms with E-state index in [2.05, 4.69) is 6.92 Å². The van der Waals surface area contributed by atoms with E-state index in [1.54, 1.807) is 24.3 Å². The van der Waals surface area contributed by atoms with E-state index < -0.39 is 0 Å². The number of aromatic hydroxyl groups is 1. The van der Waals surface area contributed by atoms with Crippen LogP contribution in [0.2, 0.25) is 0 Å². The van der Waals surface area contributed by atoms with Gasteiger partial charge in [0.1, 0.15) is 5.82 Å². The number of carbonyl (C=O) groups excluding carboxylic acids is 1. The summed E-state index contributed by atoms with van der Waals surface area (Å²) in [6.07, 6.45) is 3.58. The number of phenols is 1. The Bertz CT molecular complexity index is 775. The average Bonchev–Trinajstić information content (AvgIpc) is 3.01. The van der Waals surface area contributed by atoms with Gasteiger partial charge in [-0.2, -0.15) is 0 Å². The number of likely N-dealkylation sites (tertiary alicyclic amines) is 1. The van der Waals surface area contributed by atoms with E-state index >= 15 is 0 Å². The van der Waals surface area contributed by atoms with Gasteiger partial charge in [0, 0.05) is 17.6 Å². The van der Waals surface area contributed by atoms with Crippen LogP contribution in [0.3, 0.4) is 0 Å². The number of aryl methyl sites for hydroxylation is 1. The Hall–Kier alpha value is -2.56. The van der Waals surface area contributed by atoms with Crippen LogP contribution in [0.4, 0.5) is 4.39 Å². The zero-order chi connectivity index (χ0) is 18.7. The van der Waals surface area contributed by atoms with Gasteiger partial charge in [-0.3, -0.25) is 4.79 Å². The molecule has 0 aromatic heterocycles. The fraction of sp³-hybridized carbons (Fsp3) is 0.381. The lowest BCUT2D eigenvalue weighted by Crippen LogP contribution is -2.40. The minimum absolute atomic E-state index is 0.0198. The van der Waals surface area contributed by atoms with Gasteiger partial charge in [0.2, 0.25) is 0 Å². The summed E-state index contributed by atoms with van der Waals surface area (Å²) in [7, 11) is 1.47. The fourth-order valence-electron chi connectivity index (χ4n) is 3.67. The molecule has 1 aliphatic rings. The smallest absolute Gasteiger partial charge is 0.254 e. The average molecular weight is 357 g/mol. The Kier molecular flexibility index (Phi) is 5.45. The Morgan fingerprint density at radius 1 is 1.23 bits per heavy atom. The van der Waals surface area contributed by atoms with E-state index in [-0.39, 0.29) is 29.6 Å². The number of amides is 1. The topological polar surface area (TPSA) is 49.8 Å². The summed E-state index contributed by atoms with van der Waals surface area (Å²) in [6.45, 7) is 2.06. The van der Waals surface area contributed by atoms with Crippen molar-refractivity contribution in [2.45, 2.75) is 44.7 Å². The Morgan fingerprint density at radius 3 is 2.65 bits per heavy atom. The van der Waals surface area contributed by atoms with Crippen LogP contribution < -0.4 is 4.74 Å². The highest BCUT2D eigenvalue weighted by Gasteiger charge is 2.34. The van der Waals surface area contributed by atoms with Crippen molar-refractivity contribution < 1.29 is 19.0 Å². The first-order valence-electron chi connectivity index (χ1n) is 8.93. The summed E-state index contributed by atoms with van der Waals surface area (Å²) < 4.78 is 18.2. The summed E-state index contributed by atoms with van der Waals surface area (Å²) in [5, 5.41) is 9.74. The number of methoxy groups -OCH3 is 1. The van der Waals surface area contributed by atoms with Crippen molar-refractivity contribution in [3.8, 4) is 11.5 Å². The van der Waals surface area contributed by atoms with Crippen molar-refractivity contribution in [3.05, 3.63) is 59.4 Å². The van der Waals surface area contributed by atoms with Gasteiger partial charge in [-0.15, -0.1) is 0 Å². The zero-order valence-corrected chi connectivity index (χ0v) is 15.1. The molecule has 138 valence electrons. The monoisotopic (exact) mass is 357 g/mol. The number of phenolic OH excluding ortho intramolecular Hbond substituents is 1. The van der Waals surface area contributed by atoms with E-state index in [4.69, 9.17) is 4.74 Å². The molecule has 1 saturated heterocycles. The summed E-state index contributed by atoms with van der Waals surface area (Å²) in [6, 6.07) is 11.6. The normalized spacial score (nSPS) is 19.6. The maximum Gasteiger partial charge on any atom is 0.254 e. The third-order valence-electron chi connectivity index (χ3n) is 5.13. The van der Waals surface area contributed by atoms with E-state index in [1.165, 1.54) is 25.3 Å². The van der Waals surface area contributed by atoms with Gasteiger partial charge >= 0.3 is 0 Å². The number of hydrogen-bond acceptors (Lipinski definition) is 3. The van der Waals surface area contributed by atoms with Gasteiger partial charge < -0.3 is 14.7 Å². The Labute approximate surface area is 153 Å². The summed E-state index contributed by atoms with van der Waals surface area (Å²) in [5.41, 5.74) is 1.59. The molecule has 0 unspecified atom stereocenters.